The summed E-state index contributed by atoms with van der Waals surface area (Å²) in [6.45, 7) is -0.428. The average Bonchev–Trinajstić information content (AvgIpc) is 2.81. The first-order valence-corrected chi connectivity index (χ1v) is 9.41. The lowest BCUT2D eigenvalue weighted by atomic mass is 10.1. The van der Waals surface area contributed by atoms with Gasteiger partial charge < -0.3 is 10.6 Å². The fourth-order valence-electron chi connectivity index (χ4n) is 3.07. The third kappa shape index (κ3) is 4.07. The standard InChI is InChI=1S/C21H16N6O5/c28-16(23-14-8-4-7-13-18(14)21(32)25-24-19(13)30)11-22-20(31)15-9-10-17(29)27(26-15)12-5-2-1-3-6-12/h1-10H,11H2,(H,22,31)(H,23,28)(H,24,30)(H,25,32). The van der Waals surface area contributed by atoms with Crippen LogP contribution < -0.4 is 27.3 Å². The summed E-state index contributed by atoms with van der Waals surface area (Å²) in [7, 11) is 0. The van der Waals surface area contributed by atoms with Crippen LogP contribution in [0, 0.1) is 0 Å². The van der Waals surface area contributed by atoms with E-state index in [1.54, 1.807) is 30.3 Å². The van der Waals surface area contributed by atoms with Gasteiger partial charge in [0, 0.05) is 6.07 Å². The van der Waals surface area contributed by atoms with Crippen molar-refractivity contribution in [2.45, 2.75) is 0 Å². The van der Waals surface area contributed by atoms with Crippen molar-refractivity contribution in [1.29, 1.82) is 0 Å². The molecule has 4 aromatic rings. The summed E-state index contributed by atoms with van der Waals surface area (Å²) in [6.07, 6.45) is 0. The first-order chi connectivity index (χ1) is 15.4. The average molecular weight is 432 g/mol. The number of amides is 2. The van der Waals surface area contributed by atoms with Gasteiger partial charge in [-0.05, 0) is 30.3 Å². The lowest BCUT2D eigenvalue weighted by Crippen LogP contribution is -2.35. The Labute approximate surface area is 178 Å². The Morgan fingerprint density at radius 1 is 0.875 bits per heavy atom. The molecule has 11 nitrogen and oxygen atoms in total. The van der Waals surface area contributed by atoms with Gasteiger partial charge in [-0.1, -0.05) is 24.3 Å². The number of carbonyl (C=O) groups is 2. The zero-order valence-corrected chi connectivity index (χ0v) is 16.4. The first kappa shape index (κ1) is 20.5. The molecule has 0 saturated carbocycles. The molecule has 2 heterocycles. The minimum Gasteiger partial charge on any atom is -0.342 e. The maximum atomic E-state index is 12.4. The van der Waals surface area contributed by atoms with Gasteiger partial charge in [0.15, 0.2) is 0 Å². The van der Waals surface area contributed by atoms with Crippen LogP contribution >= 0.6 is 0 Å². The van der Waals surface area contributed by atoms with Crippen LogP contribution in [0.15, 0.2) is 75.0 Å². The number of nitrogens with one attached hydrogen (secondary N) is 4. The van der Waals surface area contributed by atoms with E-state index in [1.165, 1.54) is 30.3 Å². The van der Waals surface area contributed by atoms with E-state index in [2.05, 4.69) is 25.9 Å². The second kappa shape index (κ2) is 8.52. The molecule has 0 aliphatic heterocycles. The second-order valence-corrected chi connectivity index (χ2v) is 6.67. The van der Waals surface area contributed by atoms with Crippen molar-refractivity contribution < 1.29 is 9.59 Å². The quantitative estimate of drug-likeness (QED) is 0.351. The zero-order valence-electron chi connectivity index (χ0n) is 16.4. The van der Waals surface area contributed by atoms with Gasteiger partial charge in [-0.3, -0.25) is 34.2 Å². The molecule has 0 radical (unpaired) electrons. The smallest absolute Gasteiger partial charge is 0.272 e. The molecule has 0 fully saturated rings. The molecular formula is C21H16N6O5. The van der Waals surface area contributed by atoms with Crippen LogP contribution in [0.4, 0.5) is 5.69 Å². The summed E-state index contributed by atoms with van der Waals surface area (Å²) in [5.74, 6) is -1.29. The fraction of sp³-hybridized carbons (Fsp3) is 0.0476. The van der Waals surface area contributed by atoms with Crippen LogP contribution in [0.1, 0.15) is 10.5 Å². The van der Waals surface area contributed by atoms with Crippen molar-refractivity contribution in [3.05, 3.63) is 97.4 Å². The normalized spacial score (nSPS) is 10.6. The van der Waals surface area contributed by atoms with Crippen molar-refractivity contribution in [1.82, 2.24) is 25.3 Å². The van der Waals surface area contributed by atoms with E-state index in [9.17, 15) is 24.0 Å². The Hall–Kier alpha value is -4.80. The highest BCUT2D eigenvalue weighted by atomic mass is 16.2. The van der Waals surface area contributed by atoms with E-state index < -0.39 is 35.0 Å². The topological polar surface area (TPSA) is 159 Å². The van der Waals surface area contributed by atoms with Crippen LogP contribution in [0.2, 0.25) is 0 Å². The maximum Gasteiger partial charge on any atom is 0.272 e. The van der Waals surface area contributed by atoms with Crippen molar-refractivity contribution in [3.8, 4) is 5.69 Å². The lowest BCUT2D eigenvalue weighted by molar-refractivity contribution is -0.115. The summed E-state index contributed by atoms with van der Waals surface area (Å²) >= 11 is 0. The van der Waals surface area contributed by atoms with Gasteiger partial charge in [-0.15, -0.1) is 0 Å². The van der Waals surface area contributed by atoms with E-state index in [4.69, 9.17) is 0 Å². The Balaban J connectivity index is 1.49. The molecule has 2 aromatic carbocycles. The number of anilines is 1. The minimum absolute atomic E-state index is 0.0209. The van der Waals surface area contributed by atoms with Crippen LogP contribution in [-0.2, 0) is 4.79 Å². The molecule has 4 N–H and O–H groups in total. The van der Waals surface area contributed by atoms with Crippen LogP contribution in [0.5, 0.6) is 0 Å². The number of benzene rings is 2. The summed E-state index contributed by atoms with van der Waals surface area (Å²) < 4.78 is 1.08. The molecule has 4 rings (SSSR count). The predicted molar refractivity (Wildman–Crippen MR) is 116 cm³/mol. The van der Waals surface area contributed by atoms with Crippen molar-refractivity contribution in [2.75, 3.05) is 11.9 Å². The van der Waals surface area contributed by atoms with Gasteiger partial charge in [-0.2, -0.15) is 9.78 Å². The Morgan fingerprint density at radius 3 is 2.41 bits per heavy atom. The van der Waals surface area contributed by atoms with E-state index in [1.807, 2.05) is 0 Å². The van der Waals surface area contributed by atoms with Gasteiger partial charge in [0.05, 0.1) is 28.7 Å². The summed E-state index contributed by atoms with van der Waals surface area (Å²) in [5, 5.41) is 13.5. The highest BCUT2D eigenvalue weighted by Gasteiger charge is 2.14. The third-order valence-corrected chi connectivity index (χ3v) is 4.54. The number of carbonyl (C=O) groups excluding carboxylic acids is 2. The van der Waals surface area contributed by atoms with Gasteiger partial charge in [0.1, 0.15) is 5.69 Å². The Bertz CT molecular complexity index is 1500. The van der Waals surface area contributed by atoms with Gasteiger partial charge in [0.2, 0.25) is 5.91 Å². The molecule has 11 heteroatoms. The lowest BCUT2D eigenvalue weighted by Gasteiger charge is -2.09. The fourth-order valence-corrected chi connectivity index (χ4v) is 3.07. The largest absolute Gasteiger partial charge is 0.342 e. The number of hydrogen-bond donors (Lipinski definition) is 4. The van der Waals surface area contributed by atoms with Gasteiger partial charge in [0.25, 0.3) is 22.6 Å². The summed E-state index contributed by atoms with van der Waals surface area (Å²) in [4.78, 5) is 60.8. The SMILES string of the molecule is O=C(CNC(=O)c1ccc(=O)n(-c2ccccc2)n1)Nc1cccc2c(=O)[nH][nH]c(=O)c12. The van der Waals surface area contributed by atoms with Crippen LogP contribution in [-0.4, -0.2) is 38.3 Å². The number of nitrogens with zero attached hydrogens (tertiary/aromatic N) is 2. The molecule has 0 spiro atoms. The molecule has 0 bridgehead atoms. The highest BCUT2D eigenvalue weighted by molar-refractivity contribution is 6.03. The number of aromatic nitrogens is 4. The van der Waals surface area contributed by atoms with Crippen molar-refractivity contribution >= 4 is 28.3 Å². The molecule has 0 unspecified atom stereocenters. The Kier molecular flexibility index (Phi) is 5.45. The molecule has 32 heavy (non-hydrogen) atoms. The molecule has 0 aliphatic carbocycles. The molecule has 2 aromatic heterocycles. The maximum absolute atomic E-state index is 12.4. The minimum atomic E-state index is -0.669. The molecule has 2 amide bonds. The molecular weight excluding hydrogens is 416 g/mol. The number of aromatic amines is 2. The number of para-hydroxylation sites is 1. The molecule has 160 valence electrons. The van der Waals surface area contributed by atoms with E-state index in [-0.39, 0.29) is 22.2 Å². The first-order valence-electron chi connectivity index (χ1n) is 9.41. The van der Waals surface area contributed by atoms with Crippen molar-refractivity contribution in [2.24, 2.45) is 0 Å². The Morgan fingerprint density at radius 2 is 1.62 bits per heavy atom. The number of fused-ring (bicyclic) bond motifs is 1. The monoisotopic (exact) mass is 432 g/mol. The number of H-pyrrole nitrogens is 2. The molecule has 0 aliphatic rings. The van der Waals surface area contributed by atoms with Crippen LogP contribution in [0.25, 0.3) is 16.5 Å². The van der Waals surface area contributed by atoms with Gasteiger partial charge >= 0.3 is 0 Å². The summed E-state index contributed by atoms with van der Waals surface area (Å²) in [5.41, 5.74) is -0.947. The molecule has 0 saturated heterocycles. The van der Waals surface area contributed by atoms with E-state index in [0.29, 0.717) is 5.69 Å². The highest BCUT2D eigenvalue weighted by Crippen LogP contribution is 2.16. The van der Waals surface area contributed by atoms with Crippen molar-refractivity contribution in [3.63, 3.8) is 0 Å². The number of rotatable bonds is 5. The van der Waals surface area contributed by atoms with Crippen LogP contribution in [0.3, 0.4) is 0 Å². The van der Waals surface area contributed by atoms with E-state index in [0.717, 1.165) is 4.68 Å². The van der Waals surface area contributed by atoms with Gasteiger partial charge in [-0.25, -0.2) is 0 Å². The third-order valence-electron chi connectivity index (χ3n) is 4.54. The number of hydrogen-bond acceptors (Lipinski definition) is 6. The summed E-state index contributed by atoms with van der Waals surface area (Å²) in [6, 6.07) is 15.5. The predicted octanol–water partition coefficient (Wildman–Crippen LogP) is 0.131. The second-order valence-electron chi connectivity index (χ2n) is 6.67. The van der Waals surface area contributed by atoms with E-state index >= 15 is 0 Å². The molecule has 0 atom stereocenters. The zero-order chi connectivity index (χ0) is 22.7.